The van der Waals surface area contributed by atoms with Crippen molar-refractivity contribution in [3.05, 3.63) is 52.6 Å². The van der Waals surface area contributed by atoms with Crippen LogP contribution in [0.1, 0.15) is 22.3 Å². The molecule has 2 aliphatic rings. The maximum absolute atomic E-state index is 5.50. The standard InChI is InChI=1S/C22H28N2O3/c1-16-11-21(25-3)17(2)10-19(16)14-24-8-6-23(7-9-24)13-18-4-5-20-22(12-18)27-15-26-20/h4-5,10-12H,6-9,13-15H2,1-3H3/p+2. The van der Waals surface area contributed by atoms with Gasteiger partial charge in [0, 0.05) is 11.1 Å². The Hall–Kier alpha value is -2.24. The molecule has 0 amide bonds. The van der Waals surface area contributed by atoms with E-state index in [-0.39, 0.29) is 0 Å². The van der Waals surface area contributed by atoms with Crippen molar-refractivity contribution in [3.63, 3.8) is 0 Å². The predicted molar refractivity (Wildman–Crippen MR) is 104 cm³/mol. The number of hydrogen-bond donors (Lipinski definition) is 2. The van der Waals surface area contributed by atoms with Crippen LogP contribution in [0.15, 0.2) is 30.3 Å². The van der Waals surface area contributed by atoms with Crippen LogP contribution in [-0.4, -0.2) is 40.1 Å². The van der Waals surface area contributed by atoms with Crippen LogP contribution < -0.4 is 24.0 Å². The van der Waals surface area contributed by atoms with E-state index in [4.69, 9.17) is 14.2 Å². The monoisotopic (exact) mass is 370 g/mol. The number of hydrogen-bond acceptors (Lipinski definition) is 3. The maximum Gasteiger partial charge on any atom is 0.231 e. The molecule has 0 bridgehead atoms. The number of quaternary nitrogens is 2. The zero-order chi connectivity index (χ0) is 18.8. The van der Waals surface area contributed by atoms with Crippen molar-refractivity contribution < 1.29 is 24.0 Å². The fraction of sp³-hybridized carbons (Fsp3) is 0.455. The van der Waals surface area contributed by atoms with Crippen LogP contribution in [0.5, 0.6) is 17.2 Å². The number of fused-ring (bicyclic) bond motifs is 1. The molecule has 0 unspecified atom stereocenters. The van der Waals surface area contributed by atoms with Gasteiger partial charge in [-0.15, -0.1) is 0 Å². The number of aryl methyl sites for hydroxylation is 2. The highest BCUT2D eigenvalue weighted by Gasteiger charge is 2.24. The topological polar surface area (TPSA) is 36.6 Å². The van der Waals surface area contributed by atoms with Crippen LogP contribution in [0.2, 0.25) is 0 Å². The molecule has 27 heavy (non-hydrogen) atoms. The van der Waals surface area contributed by atoms with Crippen molar-refractivity contribution >= 4 is 0 Å². The molecular weight excluding hydrogens is 340 g/mol. The van der Waals surface area contributed by atoms with Gasteiger partial charge in [-0.05, 0) is 55.3 Å². The summed E-state index contributed by atoms with van der Waals surface area (Å²) in [7, 11) is 1.74. The second-order valence-corrected chi connectivity index (χ2v) is 7.79. The molecule has 5 heteroatoms. The number of methoxy groups -OCH3 is 1. The Balaban J connectivity index is 1.32. The van der Waals surface area contributed by atoms with E-state index in [0.29, 0.717) is 6.79 Å². The van der Waals surface area contributed by atoms with Gasteiger partial charge in [-0.25, -0.2) is 0 Å². The van der Waals surface area contributed by atoms with Crippen LogP contribution in [0.3, 0.4) is 0 Å². The molecule has 0 atom stereocenters. The summed E-state index contributed by atoms with van der Waals surface area (Å²) in [5.74, 6) is 2.75. The van der Waals surface area contributed by atoms with Gasteiger partial charge in [-0.1, -0.05) is 0 Å². The Bertz CT molecular complexity index is 813. The molecule has 2 aromatic rings. The smallest absolute Gasteiger partial charge is 0.231 e. The third-order valence-electron chi connectivity index (χ3n) is 5.85. The molecule has 0 aromatic heterocycles. The number of ether oxygens (including phenoxy) is 3. The molecule has 1 saturated heterocycles. The first-order valence-electron chi connectivity index (χ1n) is 9.82. The van der Waals surface area contributed by atoms with Crippen LogP contribution in [-0.2, 0) is 13.1 Å². The molecule has 2 aromatic carbocycles. The minimum absolute atomic E-state index is 0.345. The Labute approximate surface area is 161 Å². The first-order valence-corrected chi connectivity index (χ1v) is 9.82. The van der Waals surface area contributed by atoms with E-state index < -0.39 is 0 Å². The lowest BCUT2D eigenvalue weighted by atomic mass is 10.0. The summed E-state index contributed by atoms with van der Waals surface area (Å²) in [4.78, 5) is 3.33. The molecule has 0 spiro atoms. The number of benzene rings is 2. The average molecular weight is 370 g/mol. The molecule has 5 nitrogen and oxygen atoms in total. The summed E-state index contributed by atoms with van der Waals surface area (Å²) in [6, 6.07) is 10.8. The highest BCUT2D eigenvalue weighted by molar-refractivity contribution is 5.44. The van der Waals surface area contributed by atoms with Crippen molar-refractivity contribution in [1.82, 2.24) is 0 Å². The number of piperazine rings is 1. The highest BCUT2D eigenvalue weighted by atomic mass is 16.7. The molecule has 1 fully saturated rings. The van der Waals surface area contributed by atoms with E-state index in [1.54, 1.807) is 16.9 Å². The van der Waals surface area contributed by atoms with E-state index in [0.717, 1.165) is 30.3 Å². The SMILES string of the molecule is COc1cc(C)c(C[NH+]2CC[NH+](Cc3ccc4c(c3)OCO4)CC2)cc1C. The van der Waals surface area contributed by atoms with Gasteiger partial charge in [0.25, 0.3) is 0 Å². The summed E-state index contributed by atoms with van der Waals surface area (Å²) in [5, 5.41) is 0. The average Bonchev–Trinajstić information content (AvgIpc) is 3.14. The van der Waals surface area contributed by atoms with Crippen molar-refractivity contribution in [2.45, 2.75) is 26.9 Å². The van der Waals surface area contributed by atoms with Crippen LogP contribution in [0.4, 0.5) is 0 Å². The summed E-state index contributed by atoms with van der Waals surface area (Å²) < 4.78 is 16.4. The van der Waals surface area contributed by atoms with Crippen LogP contribution in [0.25, 0.3) is 0 Å². The van der Waals surface area contributed by atoms with Gasteiger partial charge in [-0.2, -0.15) is 0 Å². The van der Waals surface area contributed by atoms with Gasteiger partial charge in [-0.3, -0.25) is 0 Å². The van der Waals surface area contributed by atoms with E-state index in [1.165, 1.54) is 48.4 Å². The lowest BCUT2D eigenvalue weighted by Crippen LogP contribution is -3.27. The molecule has 0 aliphatic carbocycles. The second-order valence-electron chi connectivity index (χ2n) is 7.79. The first-order chi connectivity index (χ1) is 13.1. The largest absolute Gasteiger partial charge is 0.496 e. The predicted octanol–water partition coefficient (Wildman–Crippen LogP) is 0.524. The van der Waals surface area contributed by atoms with Gasteiger partial charge in [0.15, 0.2) is 11.5 Å². The van der Waals surface area contributed by atoms with Gasteiger partial charge in [0.2, 0.25) is 6.79 Å². The van der Waals surface area contributed by atoms with E-state index in [1.807, 2.05) is 6.07 Å². The fourth-order valence-corrected chi connectivity index (χ4v) is 4.18. The number of nitrogens with one attached hydrogen (secondary N) is 2. The highest BCUT2D eigenvalue weighted by Crippen LogP contribution is 2.32. The van der Waals surface area contributed by atoms with Crippen LogP contribution >= 0.6 is 0 Å². The molecule has 0 saturated carbocycles. The Kier molecular flexibility index (Phi) is 5.23. The van der Waals surface area contributed by atoms with Crippen molar-refractivity contribution in [3.8, 4) is 17.2 Å². The van der Waals surface area contributed by atoms with E-state index in [9.17, 15) is 0 Å². The fourth-order valence-electron chi connectivity index (χ4n) is 4.18. The third kappa shape index (κ3) is 4.04. The normalized spacial score (nSPS) is 21.3. The summed E-state index contributed by atoms with van der Waals surface area (Å²) in [6.07, 6.45) is 0. The molecule has 2 N–H and O–H groups in total. The minimum atomic E-state index is 0.345. The lowest BCUT2D eigenvalue weighted by Gasteiger charge is -2.30. The number of rotatable bonds is 5. The molecule has 4 rings (SSSR count). The molecular formula is C22H30N2O3+2. The third-order valence-corrected chi connectivity index (χ3v) is 5.85. The summed E-state index contributed by atoms with van der Waals surface area (Å²) in [6.45, 7) is 11.7. The molecule has 2 heterocycles. The molecule has 0 radical (unpaired) electrons. The lowest BCUT2D eigenvalue weighted by molar-refractivity contribution is -1.02. The Morgan fingerprint density at radius 1 is 0.852 bits per heavy atom. The van der Waals surface area contributed by atoms with Gasteiger partial charge < -0.3 is 24.0 Å². The van der Waals surface area contributed by atoms with E-state index >= 15 is 0 Å². The zero-order valence-electron chi connectivity index (χ0n) is 16.6. The molecule has 144 valence electrons. The summed E-state index contributed by atoms with van der Waals surface area (Å²) >= 11 is 0. The minimum Gasteiger partial charge on any atom is -0.496 e. The quantitative estimate of drug-likeness (QED) is 0.806. The van der Waals surface area contributed by atoms with E-state index in [2.05, 4.69) is 38.1 Å². The Morgan fingerprint density at radius 2 is 1.56 bits per heavy atom. The zero-order valence-corrected chi connectivity index (χ0v) is 16.6. The second kappa shape index (κ2) is 7.79. The Morgan fingerprint density at radius 3 is 2.30 bits per heavy atom. The first kappa shape index (κ1) is 18.1. The van der Waals surface area contributed by atoms with Gasteiger partial charge in [0.05, 0.1) is 7.11 Å². The summed E-state index contributed by atoms with van der Waals surface area (Å²) in [5.41, 5.74) is 5.34. The van der Waals surface area contributed by atoms with Crippen molar-refractivity contribution in [1.29, 1.82) is 0 Å². The van der Waals surface area contributed by atoms with Gasteiger partial charge in [0.1, 0.15) is 45.0 Å². The van der Waals surface area contributed by atoms with Crippen LogP contribution in [0, 0.1) is 13.8 Å². The van der Waals surface area contributed by atoms with Gasteiger partial charge >= 0.3 is 0 Å². The molecule has 2 aliphatic heterocycles. The maximum atomic E-state index is 5.50. The van der Waals surface area contributed by atoms with Crippen molar-refractivity contribution in [2.75, 3.05) is 40.1 Å². The van der Waals surface area contributed by atoms with Crippen molar-refractivity contribution in [2.24, 2.45) is 0 Å².